The van der Waals surface area contributed by atoms with E-state index < -0.39 is 11.7 Å². The molecule has 0 aliphatic carbocycles. The molecule has 4 N–H and O–H groups in total. The number of nitrogens with two attached hydrogens (primary N) is 1. The van der Waals surface area contributed by atoms with Gasteiger partial charge in [-0.25, -0.2) is 10.7 Å². The maximum Gasteiger partial charge on any atom is 0.407 e. The van der Waals surface area contributed by atoms with Gasteiger partial charge in [-0.2, -0.15) is 0 Å². The van der Waals surface area contributed by atoms with Crippen molar-refractivity contribution in [1.82, 2.24) is 10.3 Å². The highest BCUT2D eigenvalue weighted by Gasteiger charge is 2.20. The van der Waals surface area contributed by atoms with Crippen molar-refractivity contribution in [2.24, 2.45) is 5.90 Å². The minimum atomic E-state index is -0.543. The van der Waals surface area contributed by atoms with Gasteiger partial charge in [0.25, 0.3) is 0 Å². The molecule has 6 nitrogen and oxygen atoms in total. The minimum absolute atomic E-state index is 0.207. The second-order valence-corrected chi connectivity index (χ2v) is 6.24. The summed E-state index contributed by atoms with van der Waals surface area (Å²) in [4.78, 5) is 19.8. The molecule has 0 saturated carbocycles. The molecule has 0 spiro atoms. The first kappa shape index (κ1) is 16.3. The highest BCUT2D eigenvalue weighted by atomic mass is 16.6. The van der Waals surface area contributed by atoms with Gasteiger partial charge in [0.15, 0.2) is 0 Å². The Hall–Kier alpha value is -2.05. The number of hydrogen-bond acceptors (Lipinski definition) is 4. The smallest absolute Gasteiger partial charge is 0.407 e. The monoisotopic (exact) mass is 305 g/mol. The van der Waals surface area contributed by atoms with Crippen LogP contribution in [0.4, 0.5) is 4.79 Å². The quantitative estimate of drug-likeness (QED) is 0.740. The first-order chi connectivity index (χ1) is 10.4. The summed E-state index contributed by atoms with van der Waals surface area (Å²) in [5, 5.41) is 3.92. The largest absolute Gasteiger partial charge is 0.444 e. The molecule has 1 heterocycles. The number of aromatic nitrogens is 1. The lowest BCUT2D eigenvalue weighted by atomic mass is 10.1. The van der Waals surface area contributed by atoms with Crippen LogP contribution in [0.3, 0.4) is 0 Å². The Morgan fingerprint density at radius 2 is 2.09 bits per heavy atom. The standard InChI is InChI=1S/C16H23N3O3/c1-16(2,3)22-15(20)19-12(10-21-17)8-11-9-18-14-7-5-4-6-13(11)14/h4-7,9,12,18H,8,10,17H2,1-3H3,(H,19,20). The van der Waals surface area contributed by atoms with E-state index in [1.165, 1.54) is 0 Å². The Kier molecular flexibility index (Phi) is 5.05. The summed E-state index contributed by atoms with van der Waals surface area (Å²) in [6.07, 6.45) is 2.06. The number of carbonyl (C=O) groups excluding carboxylic acids is 1. The van der Waals surface area contributed by atoms with Gasteiger partial charge in [-0.1, -0.05) is 18.2 Å². The van der Waals surface area contributed by atoms with Gasteiger partial charge in [0.1, 0.15) is 5.60 Å². The van der Waals surface area contributed by atoms with Crippen LogP contribution < -0.4 is 11.2 Å². The fourth-order valence-corrected chi connectivity index (χ4v) is 2.31. The second kappa shape index (κ2) is 6.81. The molecular weight excluding hydrogens is 282 g/mol. The van der Waals surface area contributed by atoms with Gasteiger partial charge in [0.05, 0.1) is 12.6 Å². The molecule has 6 heteroatoms. The van der Waals surface area contributed by atoms with Crippen LogP contribution in [-0.2, 0) is 16.0 Å². The number of aromatic amines is 1. The van der Waals surface area contributed by atoms with Gasteiger partial charge < -0.3 is 19.9 Å². The van der Waals surface area contributed by atoms with Crippen molar-refractivity contribution in [2.45, 2.75) is 38.8 Å². The molecule has 0 bridgehead atoms. The number of rotatable bonds is 5. The third kappa shape index (κ3) is 4.47. The van der Waals surface area contributed by atoms with Crippen LogP contribution in [0.25, 0.3) is 10.9 Å². The van der Waals surface area contributed by atoms with E-state index in [0.29, 0.717) is 6.42 Å². The molecule has 0 fully saturated rings. The zero-order valence-electron chi connectivity index (χ0n) is 13.2. The molecule has 1 unspecified atom stereocenters. The van der Waals surface area contributed by atoms with E-state index in [1.807, 2.05) is 51.2 Å². The SMILES string of the molecule is CC(C)(C)OC(=O)NC(CON)Cc1c[nH]c2ccccc12. The Balaban J connectivity index is 2.07. The Labute approximate surface area is 129 Å². The summed E-state index contributed by atoms with van der Waals surface area (Å²) < 4.78 is 5.27. The summed E-state index contributed by atoms with van der Waals surface area (Å²) in [6, 6.07) is 7.74. The van der Waals surface area contributed by atoms with Gasteiger partial charge in [-0.05, 0) is 38.8 Å². The molecule has 0 radical (unpaired) electrons. The number of H-pyrrole nitrogens is 1. The van der Waals surface area contributed by atoms with Crippen molar-refractivity contribution in [2.75, 3.05) is 6.61 Å². The van der Waals surface area contributed by atoms with E-state index in [1.54, 1.807) is 0 Å². The van der Waals surface area contributed by atoms with Gasteiger partial charge in [0.2, 0.25) is 0 Å². The van der Waals surface area contributed by atoms with E-state index in [0.717, 1.165) is 16.5 Å². The van der Waals surface area contributed by atoms with Crippen LogP contribution in [0, 0.1) is 0 Å². The summed E-state index contributed by atoms with van der Waals surface area (Å²) >= 11 is 0. The molecule has 0 aliphatic rings. The van der Waals surface area contributed by atoms with Crippen molar-refractivity contribution in [1.29, 1.82) is 0 Å². The Morgan fingerprint density at radius 3 is 2.77 bits per heavy atom. The lowest BCUT2D eigenvalue weighted by molar-refractivity contribution is 0.0443. The van der Waals surface area contributed by atoms with Crippen LogP contribution in [0.5, 0.6) is 0 Å². The van der Waals surface area contributed by atoms with Crippen molar-refractivity contribution in [3.8, 4) is 0 Å². The Morgan fingerprint density at radius 1 is 1.36 bits per heavy atom. The number of para-hydroxylation sites is 1. The highest BCUT2D eigenvalue weighted by molar-refractivity contribution is 5.83. The third-order valence-electron chi connectivity index (χ3n) is 3.16. The average molecular weight is 305 g/mol. The van der Waals surface area contributed by atoms with Gasteiger partial charge >= 0.3 is 6.09 Å². The number of carbonyl (C=O) groups is 1. The lowest BCUT2D eigenvalue weighted by Crippen LogP contribution is -2.43. The third-order valence-corrected chi connectivity index (χ3v) is 3.16. The summed E-state index contributed by atoms with van der Waals surface area (Å²) in [5.41, 5.74) is 1.61. The van der Waals surface area contributed by atoms with Crippen molar-refractivity contribution >= 4 is 17.0 Å². The zero-order valence-corrected chi connectivity index (χ0v) is 13.2. The number of amides is 1. The number of nitrogens with one attached hydrogen (secondary N) is 2. The number of fused-ring (bicyclic) bond motifs is 1. The van der Waals surface area contributed by atoms with Crippen LogP contribution in [-0.4, -0.2) is 29.3 Å². The van der Waals surface area contributed by atoms with Crippen molar-refractivity contribution in [3.05, 3.63) is 36.0 Å². The van der Waals surface area contributed by atoms with E-state index in [9.17, 15) is 4.79 Å². The summed E-state index contributed by atoms with van der Waals surface area (Å²) in [7, 11) is 0. The normalized spacial score (nSPS) is 13.1. The molecule has 0 saturated heterocycles. The fraction of sp³-hybridized carbons (Fsp3) is 0.438. The maximum absolute atomic E-state index is 11.9. The number of ether oxygens (including phenoxy) is 1. The number of alkyl carbamates (subject to hydrolysis) is 1. The Bertz CT molecular complexity index is 631. The topological polar surface area (TPSA) is 89.4 Å². The van der Waals surface area contributed by atoms with Gasteiger partial charge in [-0.15, -0.1) is 0 Å². The van der Waals surface area contributed by atoms with Crippen LogP contribution in [0.1, 0.15) is 26.3 Å². The fourth-order valence-electron chi connectivity index (χ4n) is 2.31. The van der Waals surface area contributed by atoms with E-state index >= 15 is 0 Å². The van der Waals surface area contributed by atoms with Crippen LogP contribution >= 0.6 is 0 Å². The first-order valence-corrected chi connectivity index (χ1v) is 7.25. The highest BCUT2D eigenvalue weighted by Crippen LogP contribution is 2.19. The molecule has 22 heavy (non-hydrogen) atoms. The summed E-state index contributed by atoms with van der Waals surface area (Å²) in [6.45, 7) is 5.67. The molecule has 1 atom stereocenters. The second-order valence-electron chi connectivity index (χ2n) is 6.24. The summed E-state index contributed by atoms with van der Waals surface area (Å²) in [5.74, 6) is 5.17. The molecule has 1 aromatic heterocycles. The predicted octanol–water partition coefficient (Wildman–Crippen LogP) is 2.49. The van der Waals surface area contributed by atoms with Crippen LogP contribution in [0.2, 0.25) is 0 Å². The average Bonchev–Trinajstić information content (AvgIpc) is 2.80. The molecular formula is C16H23N3O3. The first-order valence-electron chi connectivity index (χ1n) is 7.25. The molecule has 2 aromatic rings. The number of benzene rings is 1. The zero-order chi connectivity index (χ0) is 16.2. The molecule has 1 amide bonds. The predicted molar refractivity (Wildman–Crippen MR) is 85.3 cm³/mol. The van der Waals surface area contributed by atoms with Gasteiger partial charge in [0, 0.05) is 17.1 Å². The minimum Gasteiger partial charge on any atom is -0.444 e. The van der Waals surface area contributed by atoms with Crippen molar-refractivity contribution in [3.63, 3.8) is 0 Å². The molecule has 2 rings (SSSR count). The lowest BCUT2D eigenvalue weighted by Gasteiger charge is -2.23. The molecule has 120 valence electrons. The molecule has 1 aromatic carbocycles. The van der Waals surface area contributed by atoms with Crippen molar-refractivity contribution < 1.29 is 14.4 Å². The molecule has 0 aliphatic heterocycles. The van der Waals surface area contributed by atoms with E-state index in [2.05, 4.69) is 10.3 Å². The van der Waals surface area contributed by atoms with E-state index in [4.69, 9.17) is 15.5 Å². The number of hydrogen-bond donors (Lipinski definition) is 3. The van der Waals surface area contributed by atoms with Crippen LogP contribution in [0.15, 0.2) is 30.5 Å². The van der Waals surface area contributed by atoms with E-state index in [-0.39, 0.29) is 12.6 Å². The van der Waals surface area contributed by atoms with Gasteiger partial charge in [-0.3, -0.25) is 0 Å². The maximum atomic E-state index is 11.9.